The summed E-state index contributed by atoms with van der Waals surface area (Å²) in [6.45, 7) is 3.99. The lowest BCUT2D eigenvalue weighted by molar-refractivity contribution is -0.122. The Morgan fingerprint density at radius 3 is 2.26 bits per heavy atom. The predicted molar refractivity (Wildman–Crippen MR) is 93.9 cm³/mol. The highest BCUT2D eigenvalue weighted by atomic mass is 35.5. The maximum Gasteiger partial charge on any atom is 0.221 e. The van der Waals surface area contributed by atoms with Crippen molar-refractivity contribution in [3.05, 3.63) is 64.7 Å². The molecule has 23 heavy (non-hydrogen) atoms. The van der Waals surface area contributed by atoms with E-state index in [9.17, 15) is 4.79 Å². The van der Waals surface area contributed by atoms with Gasteiger partial charge < -0.3 is 10.1 Å². The van der Waals surface area contributed by atoms with E-state index in [-0.39, 0.29) is 5.91 Å². The van der Waals surface area contributed by atoms with Crippen LogP contribution in [0.3, 0.4) is 0 Å². The van der Waals surface area contributed by atoms with Crippen molar-refractivity contribution in [3.63, 3.8) is 0 Å². The van der Waals surface area contributed by atoms with E-state index in [1.165, 1.54) is 0 Å². The van der Waals surface area contributed by atoms with E-state index in [2.05, 4.69) is 5.32 Å². The first-order valence-electron chi connectivity index (χ1n) is 7.61. The van der Waals surface area contributed by atoms with Crippen LogP contribution in [-0.2, 0) is 16.8 Å². The van der Waals surface area contributed by atoms with Gasteiger partial charge in [-0.2, -0.15) is 0 Å². The zero-order valence-electron chi connectivity index (χ0n) is 13.7. The Kier molecular flexibility index (Phi) is 5.67. The molecule has 0 aromatic heterocycles. The number of hydrogen-bond acceptors (Lipinski definition) is 2. The maximum absolute atomic E-state index is 12.2. The van der Waals surface area contributed by atoms with Gasteiger partial charge in [0.2, 0.25) is 5.91 Å². The molecule has 0 atom stereocenters. The zero-order chi connectivity index (χ0) is 16.9. The second-order valence-electron chi connectivity index (χ2n) is 6.03. The number of ether oxygens (including phenoxy) is 1. The molecular formula is C19H22ClNO2. The molecule has 2 aromatic rings. The zero-order valence-corrected chi connectivity index (χ0v) is 14.5. The average Bonchev–Trinajstić information content (AvgIpc) is 2.54. The lowest BCUT2D eigenvalue weighted by atomic mass is 9.94. The molecule has 0 spiro atoms. The van der Waals surface area contributed by atoms with E-state index < -0.39 is 5.54 Å². The van der Waals surface area contributed by atoms with Gasteiger partial charge in [0, 0.05) is 11.4 Å². The van der Waals surface area contributed by atoms with Crippen LogP contribution in [0.4, 0.5) is 0 Å². The summed E-state index contributed by atoms with van der Waals surface area (Å²) in [5, 5.41) is 3.79. The van der Waals surface area contributed by atoms with Gasteiger partial charge in [0.1, 0.15) is 5.75 Å². The number of amides is 1. The van der Waals surface area contributed by atoms with Gasteiger partial charge >= 0.3 is 0 Å². The van der Waals surface area contributed by atoms with Crippen LogP contribution in [0.25, 0.3) is 0 Å². The van der Waals surface area contributed by atoms with Crippen molar-refractivity contribution < 1.29 is 9.53 Å². The molecule has 0 heterocycles. The molecule has 1 amide bonds. The molecule has 0 saturated heterocycles. The van der Waals surface area contributed by atoms with E-state index >= 15 is 0 Å². The topological polar surface area (TPSA) is 38.3 Å². The number of carbonyl (C=O) groups excluding carboxylic acids is 1. The van der Waals surface area contributed by atoms with Gasteiger partial charge in [-0.15, -0.1) is 0 Å². The molecule has 0 saturated carbocycles. The number of methoxy groups -OCH3 is 1. The largest absolute Gasteiger partial charge is 0.497 e. The van der Waals surface area contributed by atoms with Crippen molar-refractivity contribution in [2.45, 2.75) is 32.2 Å². The van der Waals surface area contributed by atoms with Crippen molar-refractivity contribution >= 4 is 17.5 Å². The van der Waals surface area contributed by atoms with Gasteiger partial charge in [0.05, 0.1) is 12.6 Å². The third kappa shape index (κ3) is 5.00. The molecule has 122 valence electrons. The lowest BCUT2D eigenvalue weighted by Crippen LogP contribution is -2.41. The standard InChI is InChI=1S/C19H22ClNO2/c1-19(2,15-7-11-17(23-3)12-8-15)21-18(22)13-6-14-4-9-16(20)10-5-14/h4-5,7-12H,6,13H2,1-3H3,(H,21,22). The van der Waals surface area contributed by atoms with Gasteiger partial charge in [-0.05, 0) is 55.7 Å². The second-order valence-corrected chi connectivity index (χ2v) is 6.46. The van der Waals surface area contributed by atoms with Crippen molar-refractivity contribution in [2.75, 3.05) is 7.11 Å². The fraction of sp³-hybridized carbons (Fsp3) is 0.316. The summed E-state index contributed by atoms with van der Waals surface area (Å²) in [4.78, 5) is 12.2. The third-order valence-corrected chi connectivity index (χ3v) is 4.07. The van der Waals surface area contributed by atoms with E-state index in [4.69, 9.17) is 16.3 Å². The SMILES string of the molecule is COc1ccc(C(C)(C)NC(=O)CCc2ccc(Cl)cc2)cc1. The molecule has 1 N–H and O–H groups in total. The van der Waals surface area contributed by atoms with Crippen molar-refractivity contribution in [2.24, 2.45) is 0 Å². The van der Waals surface area contributed by atoms with E-state index in [0.717, 1.165) is 16.9 Å². The molecule has 2 rings (SSSR count). The number of halogens is 1. The highest BCUT2D eigenvalue weighted by Gasteiger charge is 2.22. The molecule has 4 heteroatoms. The Balaban J connectivity index is 1.93. The summed E-state index contributed by atoms with van der Waals surface area (Å²) < 4.78 is 5.16. The fourth-order valence-corrected chi connectivity index (χ4v) is 2.53. The molecule has 0 aliphatic carbocycles. The number of carbonyl (C=O) groups is 1. The predicted octanol–water partition coefficient (Wildman–Crippen LogP) is 4.33. The van der Waals surface area contributed by atoms with Crippen molar-refractivity contribution in [1.82, 2.24) is 5.32 Å². The minimum absolute atomic E-state index is 0.0285. The van der Waals surface area contributed by atoms with Crippen LogP contribution in [0.2, 0.25) is 5.02 Å². The van der Waals surface area contributed by atoms with Crippen molar-refractivity contribution in [3.8, 4) is 5.75 Å². The normalized spacial score (nSPS) is 11.1. The number of nitrogens with one attached hydrogen (secondary N) is 1. The van der Waals surface area contributed by atoms with Gasteiger partial charge in [-0.25, -0.2) is 0 Å². The molecule has 2 aromatic carbocycles. The van der Waals surface area contributed by atoms with Crippen LogP contribution in [-0.4, -0.2) is 13.0 Å². The summed E-state index contributed by atoms with van der Waals surface area (Å²) in [5.41, 5.74) is 1.72. The smallest absolute Gasteiger partial charge is 0.221 e. The second kappa shape index (κ2) is 7.51. The number of aryl methyl sites for hydroxylation is 1. The number of hydrogen-bond donors (Lipinski definition) is 1. The molecule has 0 radical (unpaired) electrons. The highest BCUT2D eigenvalue weighted by Crippen LogP contribution is 2.23. The molecule has 0 unspecified atom stereocenters. The molecular weight excluding hydrogens is 310 g/mol. The first-order chi connectivity index (χ1) is 10.9. The quantitative estimate of drug-likeness (QED) is 0.855. The third-order valence-electron chi connectivity index (χ3n) is 3.82. The van der Waals surface area contributed by atoms with Gasteiger partial charge in [0.25, 0.3) is 0 Å². The summed E-state index contributed by atoms with van der Waals surface area (Å²) in [5.74, 6) is 0.833. The molecule has 0 fully saturated rings. The number of rotatable bonds is 6. The van der Waals surface area contributed by atoms with Crippen molar-refractivity contribution in [1.29, 1.82) is 0 Å². The van der Waals surface area contributed by atoms with Crippen LogP contribution in [0, 0.1) is 0 Å². The molecule has 0 aliphatic rings. The Labute approximate surface area is 142 Å². The summed E-state index contributed by atoms with van der Waals surface area (Å²) in [7, 11) is 1.64. The summed E-state index contributed by atoms with van der Waals surface area (Å²) in [6, 6.07) is 15.3. The first kappa shape index (κ1) is 17.4. The Morgan fingerprint density at radius 2 is 1.70 bits per heavy atom. The molecule has 0 aliphatic heterocycles. The van der Waals surface area contributed by atoms with Crippen LogP contribution in [0.5, 0.6) is 5.75 Å². The summed E-state index contributed by atoms with van der Waals surface area (Å²) in [6.07, 6.45) is 1.14. The van der Waals surface area contributed by atoms with Gasteiger partial charge in [-0.3, -0.25) is 4.79 Å². The monoisotopic (exact) mass is 331 g/mol. The van der Waals surface area contributed by atoms with Gasteiger partial charge in [-0.1, -0.05) is 35.9 Å². The Morgan fingerprint density at radius 1 is 1.09 bits per heavy atom. The van der Waals surface area contributed by atoms with E-state index in [0.29, 0.717) is 17.9 Å². The van der Waals surface area contributed by atoms with Gasteiger partial charge in [0.15, 0.2) is 0 Å². The van der Waals surface area contributed by atoms with E-state index in [1.807, 2.05) is 62.4 Å². The van der Waals surface area contributed by atoms with Crippen LogP contribution < -0.4 is 10.1 Å². The van der Waals surface area contributed by atoms with Crippen LogP contribution >= 0.6 is 11.6 Å². The molecule has 0 bridgehead atoms. The Hall–Kier alpha value is -2.00. The highest BCUT2D eigenvalue weighted by molar-refractivity contribution is 6.30. The fourth-order valence-electron chi connectivity index (χ4n) is 2.40. The van der Waals surface area contributed by atoms with Crippen LogP contribution in [0.1, 0.15) is 31.4 Å². The first-order valence-corrected chi connectivity index (χ1v) is 7.98. The van der Waals surface area contributed by atoms with E-state index in [1.54, 1.807) is 7.11 Å². The summed E-state index contributed by atoms with van der Waals surface area (Å²) >= 11 is 5.86. The molecule has 3 nitrogen and oxygen atoms in total. The lowest BCUT2D eigenvalue weighted by Gasteiger charge is -2.27. The Bertz CT molecular complexity index is 648. The average molecular weight is 332 g/mol. The minimum atomic E-state index is -0.427. The van der Waals surface area contributed by atoms with Crippen LogP contribution in [0.15, 0.2) is 48.5 Å². The number of benzene rings is 2. The maximum atomic E-state index is 12.2. The minimum Gasteiger partial charge on any atom is -0.497 e.